The van der Waals surface area contributed by atoms with Crippen LogP contribution in [-0.2, 0) is 0 Å². The number of methoxy groups -OCH3 is 1. The highest BCUT2D eigenvalue weighted by molar-refractivity contribution is 5.97. The average Bonchev–Trinajstić information content (AvgIpc) is 2.47. The third kappa shape index (κ3) is 3.66. The van der Waals surface area contributed by atoms with Gasteiger partial charge in [-0.25, -0.2) is 0 Å². The lowest BCUT2D eigenvalue weighted by Gasteiger charge is -2.12. The summed E-state index contributed by atoms with van der Waals surface area (Å²) in [4.78, 5) is 0. The summed E-state index contributed by atoms with van der Waals surface area (Å²) in [6.45, 7) is 2.50. The van der Waals surface area contributed by atoms with Gasteiger partial charge in [0.05, 0.1) is 19.3 Å². The van der Waals surface area contributed by atoms with Gasteiger partial charge in [-0.1, -0.05) is 6.07 Å². The third-order valence-electron chi connectivity index (χ3n) is 2.82. The van der Waals surface area contributed by atoms with E-state index in [0.29, 0.717) is 29.4 Å². The zero-order chi connectivity index (χ0) is 15.2. The van der Waals surface area contributed by atoms with E-state index in [1.165, 1.54) is 0 Å². The van der Waals surface area contributed by atoms with E-state index in [-0.39, 0.29) is 5.84 Å². The standard InChI is InChI=1S/C16H18N2O3/c1-3-20-12-5-4-6-13(9-12)21-15-10-11(19-2)7-8-14(15)16(17)18/h4-10H,3H2,1-2H3,(H3,17,18). The molecule has 0 aliphatic carbocycles. The second-order valence-electron chi connectivity index (χ2n) is 4.29. The molecular weight excluding hydrogens is 268 g/mol. The van der Waals surface area contributed by atoms with Crippen molar-refractivity contribution in [2.45, 2.75) is 6.92 Å². The highest BCUT2D eigenvalue weighted by Crippen LogP contribution is 2.30. The van der Waals surface area contributed by atoms with Crippen molar-refractivity contribution >= 4 is 5.84 Å². The lowest BCUT2D eigenvalue weighted by atomic mass is 10.1. The molecule has 5 heteroatoms. The first-order valence-corrected chi connectivity index (χ1v) is 6.57. The lowest BCUT2D eigenvalue weighted by molar-refractivity contribution is 0.338. The number of ether oxygens (including phenoxy) is 3. The first-order chi connectivity index (χ1) is 10.1. The molecule has 0 bridgehead atoms. The van der Waals surface area contributed by atoms with Gasteiger partial charge in [0.25, 0.3) is 0 Å². The quantitative estimate of drug-likeness (QED) is 0.631. The van der Waals surface area contributed by atoms with Gasteiger partial charge in [0.1, 0.15) is 28.8 Å². The van der Waals surface area contributed by atoms with Crippen LogP contribution in [0.2, 0.25) is 0 Å². The zero-order valence-corrected chi connectivity index (χ0v) is 12.1. The maximum atomic E-state index is 7.61. The van der Waals surface area contributed by atoms with Gasteiger partial charge in [-0.2, -0.15) is 0 Å². The van der Waals surface area contributed by atoms with E-state index in [9.17, 15) is 0 Å². The molecule has 0 unspecified atom stereocenters. The smallest absolute Gasteiger partial charge is 0.142 e. The van der Waals surface area contributed by atoms with E-state index in [1.807, 2.05) is 25.1 Å². The normalized spacial score (nSPS) is 10.0. The molecule has 21 heavy (non-hydrogen) atoms. The minimum Gasteiger partial charge on any atom is -0.497 e. The van der Waals surface area contributed by atoms with E-state index in [1.54, 1.807) is 31.4 Å². The average molecular weight is 286 g/mol. The maximum Gasteiger partial charge on any atom is 0.142 e. The molecule has 0 saturated carbocycles. The highest BCUT2D eigenvalue weighted by atomic mass is 16.5. The summed E-state index contributed by atoms with van der Waals surface area (Å²) in [7, 11) is 1.57. The molecule has 0 radical (unpaired) electrons. The first-order valence-electron chi connectivity index (χ1n) is 6.57. The molecule has 0 heterocycles. The van der Waals surface area contributed by atoms with Crippen molar-refractivity contribution in [1.82, 2.24) is 0 Å². The van der Waals surface area contributed by atoms with Crippen LogP contribution in [0.1, 0.15) is 12.5 Å². The Labute approximate surface area is 123 Å². The van der Waals surface area contributed by atoms with Crippen LogP contribution in [0.3, 0.4) is 0 Å². The van der Waals surface area contributed by atoms with Crippen LogP contribution >= 0.6 is 0 Å². The molecule has 0 aliphatic rings. The van der Waals surface area contributed by atoms with Crippen molar-refractivity contribution in [1.29, 1.82) is 5.41 Å². The van der Waals surface area contributed by atoms with Crippen molar-refractivity contribution in [2.24, 2.45) is 5.73 Å². The molecule has 0 aliphatic heterocycles. The van der Waals surface area contributed by atoms with Gasteiger partial charge in [0, 0.05) is 12.1 Å². The lowest BCUT2D eigenvalue weighted by Crippen LogP contribution is -2.12. The zero-order valence-electron chi connectivity index (χ0n) is 12.1. The maximum absolute atomic E-state index is 7.61. The Kier molecular flexibility index (Phi) is 4.66. The monoisotopic (exact) mass is 286 g/mol. The van der Waals surface area contributed by atoms with Crippen LogP contribution < -0.4 is 19.9 Å². The van der Waals surface area contributed by atoms with Gasteiger partial charge in [-0.05, 0) is 31.2 Å². The Bertz CT molecular complexity index is 641. The Morgan fingerprint density at radius 3 is 2.52 bits per heavy atom. The molecule has 2 rings (SSSR count). The molecule has 3 N–H and O–H groups in total. The van der Waals surface area contributed by atoms with Crippen molar-refractivity contribution in [3.63, 3.8) is 0 Å². The topological polar surface area (TPSA) is 77.6 Å². The molecule has 0 amide bonds. The summed E-state index contributed by atoms with van der Waals surface area (Å²) in [5.41, 5.74) is 6.09. The summed E-state index contributed by atoms with van der Waals surface area (Å²) in [5.74, 6) is 2.37. The van der Waals surface area contributed by atoms with Crippen molar-refractivity contribution < 1.29 is 14.2 Å². The third-order valence-corrected chi connectivity index (χ3v) is 2.82. The van der Waals surface area contributed by atoms with Crippen LogP contribution in [0.4, 0.5) is 0 Å². The first kappa shape index (κ1) is 14.7. The fourth-order valence-electron chi connectivity index (χ4n) is 1.86. The van der Waals surface area contributed by atoms with Gasteiger partial charge < -0.3 is 19.9 Å². The molecule has 0 aromatic heterocycles. The Hall–Kier alpha value is -2.69. The highest BCUT2D eigenvalue weighted by Gasteiger charge is 2.10. The predicted octanol–water partition coefficient (Wildman–Crippen LogP) is 3.17. The molecule has 0 saturated heterocycles. The van der Waals surface area contributed by atoms with Crippen LogP contribution in [0.25, 0.3) is 0 Å². The van der Waals surface area contributed by atoms with Crippen molar-refractivity contribution in [3.05, 3.63) is 48.0 Å². The number of hydrogen-bond acceptors (Lipinski definition) is 4. The van der Waals surface area contributed by atoms with E-state index >= 15 is 0 Å². The summed E-state index contributed by atoms with van der Waals surface area (Å²) in [5, 5.41) is 7.61. The summed E-state index contributed by atoms with van der Waals surface area (Å²) >= 11 is 0. The minimum atomic E-state index is -0.0615. The summed E-state index contributed by atoms with van der Waals surface area (Å²) in [6.07, 6.45) is 0. The van der Waals surface area contributed by atoms with Crippen LogP contribution in [-0.4, -0.2) is 19.6 Å². The van der Waals surface area contributed by atoms with Gasteiger partial charge >= 0.3 is 0 Å². The van der Waals surface area contributed by atoms with Crippen molar-refractivity contribution in [2.75, 3.05) is 13.7 Å². The van der Waals surface area contributed by atoms with Crippen LogP contribution in [0.5, 0.6) is 23.0 Å². The minimum absolute atomic E-state index is 0.0615. The van der Waals surface area contributed by atoms with Gasteiger partial charge in [0.15, 0.2) is 0 Å². The Morgan fingerprint density at radius 1 is 1.10 bits per heavy atom. The fraction of sp³-hybridized carbons (Fsp3) is 0.188. The van der Waals surface area contributed by atoms with E-state index < -0.39 is 0 Å². The number of benzene rings is 2. The van der Waals surface area contributed by atoms with E-state index in [4.69, 9.17) is 25.4 Å². The Morgan fingerprint density at radius 2 is 1.86 bits per heavy atom. The molecule has 5 nitrogen and oxygen atoms in total. The summed E-state index contributed by atoms with van der Waals surface area (Å²) in [6, 6.07) is 12.4. The molecular formula is C16H18N2O3. The number of nitrogen functional groups attached to an aromatic ring is 1. The Balaban J connectivity index is 2.33. The summed E-state index contributed by atoms with van der Waals surface area (Å²) < 4.78 is 16.4. The molecule has 0 fully saturated rings. The number of amidine groups is 1. The largest absolute Gasteiger partial charge is 0.497 e. The fourth-order valence-corrected chi connectivity index (χ4v) is 1.86. The molecule has 2 aromatic rings. The number of rotatable bonds is 6. The molecule has 0 spiro atoms. The van der Waals surface area contributed by atoms with E-state index in [0.717, 1.165) is 5.75 Å². The van der Waals surface area contributed by atoms with Gasteiger partial charge in [-0.3, -0.25) is 5.41 Å². The van der Waals surface area contributed by atoms with Crippen molar-refractivity contribution in [3.8, 4) is 23.0 Å². The molecule has 110 valence electrons. The number of hydrogen-bond donors (Lipinski definition) is 2. The van der Waals surface area contributed by atoms with Crippen LogP contribution in [0.15, 0.2) is 42.5 Å². The van der Waals surface area contributed by atoms with Gasteiger partial charge in [-0.15, -0.1) is 0 Å². The number of nitrogens with one attached hydrogen (secondary N) is 1. The second-order valence-corrected chi connectivity index (χ2v) is 4.29. The molecule has 0 atom stereocenters. The second kappa shape index (κ2) is 6.65. The SMILES string of the molecule is CCOc1cccc(Oc2cc(OC)ccc2C(=N)N)c1. The van der Waals surface area contributed by atoms with E-state index in [2.05, 4.69) is 0 Å². The van der Waals surface area contributed by atoms with Crippen LogP contribution in [0, 0.1) is 5.41 Å². The number of nitrogens with two attached hydrogens (primary N) is 1. The predicted molar refractivity (Wildman–Crippen MR) is 81.7 cm³/mol. The van der Waals surface area contributed by atoms with Gasteiger partial charge in [0.2, 0.25) is 0 Å². The molecule has 2 aromatic carbocycles.